The first-order valence-electron chi connectivity index (χ1n) is 6.80. The minimum Gasteiger partial charge on any atom is -0.394 e. The molecule has 2 rings (SSSR count). The zero-order chi connectivity index (χ0) is 13.7. The first-order valence-corrected chi connectivity index (χ1v) is 6.80. The van der Waals surface area contributed by atoms with Gasteiger partial charge in [-0.3, -0.25) is 0 Å². The van der Waals surface area contributed by atoms with E-state index in [1.165, 1.54) is 0 Å². The lowest BCUT2D eigenvalue weighted by atomic mass is 10.2. The number of ether oxygens (including phenoxy) is 1. The molecule has 0 aromatic carbocycles. The van der Waals surface area contributed by atoms with Crippen LogP contribution in [0.3, 0.4) is 0 Å². The largest absolute Gasteiger partial charge is 0.394 e. The first kappa shape index (κ1) is 14.0. The molecule has 1 saturated heterocycles. The smallest absolute Gasteiger partial charge is 0.134 e. The van der Waals surface area contributed by atoms with E-state index in [4.69, 9.17) is 4.74 Å². The van der Waals surface area contributed by atoms with E-state index < -0.39 is 0 Å². The monoisotopic (exact) mass is 266 g/mol. The first-order chi connectivity index (χ1) is 9.22. The van der Waals surface area contributed by atoms with E-state index in [-0.39, 0.29) is 18.8 Å². The molecule has 2 atom stereocenters. The number of aromatic nitrogens is 2. The van der Waals surface area contributed by atoms with Crippen molar-refractivity contribution in [3.05, 3.63) is 12.4 Å². The summed E-state index contributed by atoms with van der Waals surface area (Å²) in [5.41, 5.74) is 0. The summed E-state index contributed by atoms with van der Waals surface area (Å²) < 4.78 is 5.63. The fourth-order valence-electron chi connectivity index (χ4n) is 2.20. The van der Waals surface area contributed by atoms with Crippen LogP contribution >= 0.6 is 0 Å². The van der Waals surface area contributed by atoms with Gasteiger partial charge in [0, 0.05) is 25.7 Å². The highest BCUT2D eigenvalue weighted by Gasteiger charge is 2.25. The Kier molecular flexibility index (Phi) is 4.93. The van der Waals surface area contributed by atoms with Crippen LogP contribution in [0.2, 0.25) is 0 Å². The van der Waals surface area contributed by atoms with Gasteiger partial charge < -0.3 is 20.1 Å². The van der Waals surface area contributed by atoms with Crippen LogP contribution in [0.25, 0.3) is 0 Å². The molecule has 0 amide bonds. The van der Waals surface area contributed by atoms with Crippen molar-refractivity contribution in [1.29, 1.82) is 0 Å². The molecule has 0 saturated carbocycles. The van der Waals surface area contributed by atoms with Crippen molar-refractivity contribution in [2.24, 2.45) is 0 Å². The number of hydrogen-bond donors (Lipinski definition) is 2. The fourth-order valence-corrected chi connectivity index (χ4v) is 2.20. The van der Waals surface area contributed by atoms with Gasteiger partial charge in [0.15, 0.2) is 0 Å². The van der Waals surface area contributed by atoms with Gasteiger partial charge in [0.25, 0.3) is 0 Å². The van der Waals surface area contributed by atoms with Crippen molar-refractivity contribution in [3.8, 4) is 0 Å². The van der Waals surface area contributed by atoms with Gasteiger partial charge in [0.1, 0.15) is 18.0 Å². The molecule has 0 aliphatic carbocycles. The van der Waals surface area contributed by atoms with Crippen LogP contribution < -0.4 is 10.2 Å². The second-order valence-electron chi connectivity index (χ2n) is 4.84. The molecule has 106 valence electrons. The average Bonchev–Trinajstić information content (AvgIpc) is 2.44. The minimum atomic E-state index is -0.147. The predicted molar refractivity (Wildman–Crippen MR) is 74.4 cm³/mol. The van der Waals surface area contributed by atoms with Crippen molar-refractivity contribution >= 4 is 11.6 Å². The summed E-state index contributed by atoms with van der Waals surface area (Å²) in [6.07, 6.45) is 2.57. The lowest BCUT2D eigenvalue weighted by molar-refractivity contribution is -0.0423. The Labute approximate surface area is 113 Å². The number of hydrogen-bond acceptors (Lipinski definition) is 6. The second kappa shape index (κ2) is 6.68. The number of aliphatic hydroxyl groups is 1. The molecular weight excluding hydrogens is 244 g/mol. The van der Waals surface area contributed by atoms with E-state index in [1.54, 1.807) is 6.33 Å². The lowest BCUT2D eigenvalue weighted by Crippen LogP contribution is -2.48. The van der Waals surface area contributed by atoms with Crippen LogP contribution in [-0.4, -0.2) is 53.5 Å². The Balaban J connectivity index is 2.07. The van der Waals surface area contributed by atoms with Gasteiger partial charge in [0.05, 0.1) is 18.8 Å². The summed E-state index contributed by atoms with van der Waals surface area (Å²) in [7, 11) is 0. The summed E-state index contributed by atoms with van der Waals surface area (Å²) >= 11 is 0. The number of nitrogens with zero attached hydrogens (tertiary/aromatic N) is 3. The van der Waals surface area contributed by atoms with E-state index in [9.17, 15) is 5.11 Å². The maximum Gasteiger partial charge on any atom is 0.134 e. The van der Waals surface area contributed by atoms with E-state index in [2.05, 4.69) is 27.1 Å². The van der Waals surface area contributed by atoms with Crippen molar-refractivity contribution in [3.63, 3.8) is 0 Å². The number of rotatable bonds is 5. The van der Waals surface area contributed by atoms with Crippen molar-refractivity contribution in [2.75, 3.05) is 36.5 Å². The Hall–Kier alpha value is -1.40. The standard InChI is InChI=1S/C13H22N4O2/c1-3-4-14-12-5-13(16-9-15-12)17-6-10(2)19-11(7-17)8-18/h5,9-11,18H,3-4,6-8H2,1-2H3,(H,14,15,16). The molecule has 1 aliphatic heterocycles. The fraction of sp³-hybridized carbons (Fsp3) is 0.692. The predicted octanol–water partition coefficient (Wildman–Crippen LogP) is 0.884. The van der Waals surface area contributed by atoms with Crippen LogP contribution in [-0.2, 0) is 4.74 Å². The lowest BCUT2D eigenvalue weighted by Gasteiger charge is -2.36. The quantitative estimate of drug-likeness (QED) is 0.824. The number of nitrogens with one attached hydrogen (secondary N) is 1. The van der Waals surface area contributed by atoms with Gasteiger partial charge in [-0.25, -0.2) is 9.97 Å². The molecule has 6 nitrogen and oxygen atoms in total. The molecule has 2 N–H and O–H groups in total. The zero-order valence-corrected chi connectivity index (χ0v) is 11.5. The third kappa shape index (κ3) is 3.78. The van der Waals surface area contributed by atoms with E-state index >= 15 is 0 Å². The topological polar surface area (TPSA) is 70.5 Å². The molecule has 19 heavy (non-hydrogen) atoms. The summed E-state index contributed by atoms with van der Waals surface area (Å²) in [6, 6.07) is 1.95. The van der Waals surface area contributed by atoms with E-state index in [0.29, 0.717) is 6.54 Å². The van der Waals surface area contributed by atoms with Gasteiger partial charge in [0.2, 0.25) is 0 Å². The molecule has 1 aliphatic rings. The van der Waals surface area contributed by atoms with Crippen LogP contribution in [0, 0.1) is 0 Å². The summed E-state index contributed by atoms with van der Waals surface area (Å²) in [4.78, 5) is 10.6. The summed E-state index contributed by atoms with van der Waals surface area (Å²) in [6.45, 7) is 6.49. The maximum absolute atomic E-state index is 9.25. The minimum absolute atomic E-state index is 0.0346. The maximum atomic E-state index is 9.25. The van der Waals surface area contributed by atoms with Crippen LogP contribution in [0.15, 0.2) is 12.4 Å². The van der Waals surface area contributed by atoms with Crippen molar-refractivity contribution in [2.45, 2.75) is 32.5 Å². The van der Waals surface area contributed by atoms with Crippen molar-refractivity contribution < 1.29 is 9.84 Å². The van der Waals surface area contributed by atoms with E-state index in [1.807, 2.05) is 13.0 Å². The van der Waals surface area contributed by atoms with E-state index in [0.717, 1.165) is 31.1 Å². The molecule has 0 spiro atoms. The van der Waals surface area contributed by atoms with Crippen LogP contribution in [0.4, 0.5) is 11.6 Å². The highest BCUT2D eigenvalue weighted by molar-refractivity contribution is 5.48. The number of aliphatic hydroxyl groups excluding tert-OH is 1. The molecule has 2 heterocycles. The Morgan fingerprint density at radius 2 is 2.32 bits per heavy atom. The molecular formula is C13H22N4O2. The molecule has 6 heteroatoms. The average molecular weight is 266 g/mol. The van der Waals surface area contributed by atoms with Gasteiger partial charge in [-0.15, -0.1) is 0 Å². The third-order valence-electron chi connectivity index (χ3n) is 3.06. The highest BCUT2D eigenvalue weighted by atomic mass is 16.5. The second-order valence-corrected chi connectivity index (χ2v) is 4.84. The SMILES string of the molecule is CCCNc1cc(N2CC(C)OC(CO)C2)ncn1. The Bertz CT molecular complexity index is 402. The Morgan fingerprint density at radius 1 is 1.47 bits per heavy atom. The normalized spacial score (nSPS) is 23.4. The molecule has 0 bridgehead atoms. The summed E-state index contributed by atoms with van der Waals surface area (Å²) in [5, 5.41) is 12.5. The van der Waals surface area contributed by atoms with Gasteiger partial charge in [-0.2, -0.15) is 0 Å². The Morgan fingerprint density at radius 3 is 3.05 bits per heavy atom. The third-order valence-corrected chi connectivity index (χ3v) is 3.06. The zero-order valence-electron chi connectivity index (χ0n) is 11.5. The van der Waals surface area contributed by atoms with Crippen LogP contribution in [0.1, 0.15) is 20.3 Å². The highest BCUT2D eigenvalue weighted by Crippen LogP contribution is 2.19. The number of anilines is 2. The molecule has 1 aromatic heterocycles. The molecule has 2 unspecified atom stereocenters. The van der Waals surface area contributed by atoms with Crippen LogP contribution in [0.5, 0.6) is 0 Å². The van der Waals surface area contributed by atoms with Gasteiger partial charge in [-0.05, 0) is 13.3 Å². The molecule has 0 radical (unpaired) electrons. The van der Waals surface area contributed by atoms with Gasteiger partial charge >= 0.3 is 0 Å². The van der Waals surface area contributed by atoms with Gasteiger partial charge in [-0.1, -0.05) is 6.92 Å². The molecule has 1 fully saturated rings. The summed E-state index contributed by atoms with van der Waals surface area (Å²) in [5.74, 6) is 1.72. The number of morpholine rings is 1. The molecule has 1 aromatic rings. The van der Waals surface area contributed by atoms with Crippen molar-refractivity contribution in [1.82, 2.24) is 9.97 Å².